The first-order valence-electron chi connectivity index (χ1n) is 6.44. The zero-order chi connectivity index (χ0) is 14.9. The van der Waals surface area contributed by atoms with Gasteiger partial charge in [0.15, 0.2) is 0 Å². The Hall–Kier alpha value is -1.89. The van der Waals surface area contributed by atoms with Crippen LogP contribution in [-0.2, 0) is 20.9 Å². The maximum Gasteiger partial charge on any atom is 0.313 e. The third-order valence-corrected chi connectivity index (χ3v) is 3.68. The standard InChI is InChI=1S/C13H19N3O4/c1-8-4-9(2)16(15-8)5-11(17)14-10-6-20-7-13(10,3)12(18)19/h4,10H,5-7H2,1-3H3,(H,14,17)(H,18,19). The molecule has 7 heteroatoms. The van der Waals surface area contributed by atoms with E-state index in [1.807, 2.05) is 19.9 Å². The molecule has 0 spiro atoms. The van der Waals surface area contributed by atoms with Gasteiger partial charge < -0.3 is 15.2 Å². The van der Waals surface area contributed by atoms with Crippen molar-refractivity contribution in [1.82, 2.24) is 15.1 Å². The molecule has 0 radical (unpaired) electrons. The molecule has 110 valence electrons. The van der Waals surface area contributed by atoms with Crippen LogP contribution in [0.2, 0.25) is 0 Å². The van der Waals surface area contributed by atoms with Crippen LogP contribution in [0.25, 0.3) is 0 Å². The highest BCUT2D eigenvalue weighted by molar-refractivity contribution is 5.80. The molecule has 20 heavy (non-hydrogen) atoms. The van der Waals surface area contributed by atoms with Crippen LogP contribution < -0.4 is 5.32 Å². The van der Waals surface area contributed by atoms with E-state index in [9.17, 15) is 14.7 Å². The Bertz CT molecular complexity index is 540. The molecule has 7 nitrogen and oxygen atoms in total. The number of amides is 1. The van der Waals surface area contributed by atoms with Gasteiger partial charge in [0.2, 0.25) is 5.91 Å². The summed E-state index contributed by atoms with van der Waals surface area (Å²) in [5.74, 6) is -1.23. The Morgan fingerprint density at radius 3 is 2.85 bits per heavy atom. The Kier molecular flexibility index (Phi) is 3.80. The van der Waals surface area contributed by atoms with E-state index in [4.69, 9.17) is 4.74 Å². The molecule has 0 bridgehead atoms. The smallest absolute Gasteiger partial charge is 0.313 e. The second kappa shape index (κ2) is 5.24. The van der Waals surface area contributed by atoms with Crippen LogP contribution in [0.5, 0.6) is 0 Å². The van der Waals surface area contributed by atoms with Gasteiger partial charge in [-0.05, 0) is 26.8 Å². The SMILES string of the molecule is Cc1cc(C)n(CC(=O)NC2COCC2(C)C(=O)O)n1. The summed E-state index contributed by atoms with van der Waals surface area (Å²) in [4.78, 5) is 23.3. The van der Waals surface area contributed by atoms with Crippen LogP contribution >= 0.6 is 0 Å². The molecule has 1 saturated heterocycles. The molecule has 0 saturated carbocycles. The minimum atomic E-state index is -1.08. The van der Waals surface area contributed by atoms with Crippen molar-refractivity contribution in [1.29, 1.82) is 0 Å². The number of aryl methyl sites for hydroxylation is 2. The molecular weight excluding hydrogens is 262 g/mol. The first-order valence-corrected chi connectivity index (χ1v) is 6.44. The number of rotatable bonds is 4. The normalized spacial score (nSPS) is 25.6. The van der Waals surface area contributed by atoms with Crippen LogP contribution in [-0.4, -0.2) is 46.0 Å². The van der Waals surface area contributed by atoms with Crippen LogP contribution in [0.3, 0.4) is 0 Å². The van der Waals surface area contributed by atoms with Gasteiger partial charge >= 0.3 is 5.97 Å². The molecular formula is C13H19N3O4. The zero-order valence-corrected chi connectivity index (χ0v) is 11.8. The predicted octanol–water partition coefficient (Wildman–Crippen LogP) is 0.106. The van der Waals surface area contributed by atoms with E-state index >= 15 is 0 Å². The number of carbonyl (C=O) groups is 2. The van der Waals surface area contributed by atoms with Gasteiger partial charge in [-0.25, -0.2) is 0 Å². The lowest BCUT2D eigenvalue weighted by atomic mass is 9.85. The number of hydrogen-bond acceptors (Lipinski definition) is 4. The average molecular weight is 281 g/mol. The summed E-state index contributed by atoms with van der Waals surface area (Å²) in [5.41, 5.74) is 0.654. The van der Waals surface area contributed by atoms with Crippen molar-refractivity contribution in [3.63, 3.8) is 0 Å². The van der Waals surface area contributed by atoms with Gasteiger partial charge in [0.1, 0.15) is 12.0 Å². The Balaban J connectivity index is 2.01. The lowest BCUT2D eigenvalue weighted by Gasteiger charge is -2.25. The van der Waals surface area contributed by atoms with Gasteiger partial charge in [-0.3, -0.25) is 14.3 Å². The summed E-state index contributed by atoms with van der Waals surface area (Å²) >= 11 is 0. The molecule has 1 aromatic heterocycles. The van der Waals surface area contributed by atoms with Crippen molar-refractivity contribution in [2.45, 2.75) is 33.4 Å². The molecule has 0 aromatic carbocycles. The first-order chi connectivity index (χ1) is 9.33. The lowest BCUT2D eigenvalue weighted by Crippen LogP contribution is -2.50. The maximum atomic E-state index is 12.0. The van der Waals surface area contributed by atoms with E-state index < -0.39 is 17.4 Å². The van der Waals surface area contributed by atoms with Crippen LogP contribution in [0.15, 0.2) is 6.07 Å². The summed E-state index contributed by atoms with van der Waals surface area (Å²) in [5, 5.41) is 16.2. The summed E-state index contributed by atoms with van der Waals surface area (Å²) in [6, 6.07) is 1.36. The Labute approximate surface area is 116 Å². The summed E-state index contributed by atoms with van der Waals surface area (Å²) in [6.07, 6.45) is 0. The number of hydrogen-bond donors (Lipinski definition) is 2. The molecule has 2 N–H and O–H groups in total. The van der Waals surface area contributed by atoms with Crippen molar-refractivity contribution < 1.29 is 19.4 Å². The number of ether oxygens (including phenoxy) is 1. The van der Waals surface area contributed by atoms with Gasteiger partial charge in [0.25, 0.3) is 0 Å². The molecule has 2 unspecified atom stereocenters. The third kappa shape index (κ3) is 2.67. The number of carbonyl (C=O) groups excluding carboxylic acids is 1. The molecule has 0 aliphatic carbocycles. The lowest BCUT2D eigenvalue weighted by molar-refractivity contribution is -0.149. The molecule has 2 rings (SSSR count). The van der Waals surface area contributed by atoms with Crippen LogP contribution in [0, 0.1) is 19.3 Å². The van der Waals surface area contributed by atoms with E-state index in [0.717, 1.165) is 11.4 Å². The highest BCUT2D eigenvalue weighted by Gasteiger charge is 2.47. The van der Waals surface area contributed by atoms with E-state index in [2.05, 4.69) is 10.4 Å². The van der Waals surface area contributed by atoms with Gasteiger partial charge in [0, 0.05) is 5.69 Å². The number of nitrogens with zero attached hydrogens (tertiary/aromatic N) is 2. The highest BCUT2D eigenvalue weighted by atomic mass is 16.5. The summed E-state index contributed by atoms with van der Waals surface area (Å²) < 4.78 is 6.79. The predicted molar refractivity (Wildman–Crippen MR) is 70.2 cm³/mol. The Morgan fingerprint density at radius 2 is 2.30 bits per heavy atom. The largest absolute Gasteiger partial charge is 0.481 e. The van der Waals surface area contributed by atoms with Crippen molar-refractivity contribution >= 4 is 11.9 Å². The number of carboxylic acids is 1. The Morgan fingerprint density at radius 1 is 1.60 bits per heavy atom. The highest BCUT2D eigenvalue weighted by Crippen LogP contribution is 2.28. The summed E-state index contributed by atoms with van der Waals surface area (Å²) in [7, 11) is 0. The monoisotopic (exact) mass is 281 g/mol. The number of aliphatic carboxylic acids is 1. The second-order valence-electron chi connectivity index (χ2n) is 5.44. The van der Waals surface area contributed by atoms with Crippen LogP contribution in [0.4, 0.5) is 0 Å². The molecule has 1 aliphatic heterocycles. The first kappa shape index (κ1) is 14.5. The number of aromatic nitrogens is 2. The molecule has 1 fully saturated rings. The summed E-state index contributed by atoms with van der Waals surface area (Å²) in [6.45, 7) is 5.70. The molecule has 2 atom stereocenters. The van der Waals surface area contributed by atoms with E-state index in [1.165, 1.54) is 0 Å². The van der Waals surface area contributed by atoms with Crippen molar-refractivity contribution in [3.05, 3.63) is 17.5 Å². The minimum absolute atomic E-state index is 0.0753. The average Bonchev–Trinajstić information content (AvgIpc) is 2.85. The van der Waals surface area contributed by atoms with Crippen LogP contribution in [0.1, 0.15) is 18.3 Å². The number of nitrogens with one attached hydrogen (secondary N) is 1. The minimum Gasteiger partial charge on any atom is -0.481 e. The van der Waals surface area contributed by atoms with E-state index in [-0.39, 0.29) is 25.7 Å². The molecule has 1 aromatic rings. The molecule has 1 aliphatic rings. The molecule has 1 amide bonds. The fraction of sp³-hybridized carbons (Fsp3) is 0.615. The molecule has 2 heterocycles. The number of carboxylic acid groups (broad SMARTS) is 1. The van der Waals surface area contributed by atoms with Gasteiger partial charge in [-0.15, -0.1) is 0 Å². The van der Waals surface area contributed by atoms with Crippen molar-refractivity contribution in [3.8, 4) is 0 Å². The fourth-order valence-electron chi connectivity index (χ4n) is 2.30. The third-order valence-electron chi connectivity index (χ3n) is 3.68. The quantitative estimate of drug-likeness (QED) is 0.816. The van der Waals surface area contributed by atoms with E-state index in [0.29, 0.717) is 0 Å². The van der Waals surface area contributed by atoms with Gasteiger partial charge in [0.05, 0.1) is 24.9 Å². The van der Waals surface area contributed by atoms with Gasteiger partial charge in [-0.1, -0.05) is 0 Å². The zero-order valence-electron chi connectivity index (χ0n) is 11.8. The topological polar surface area (TPSA) is 93.5 Å². The van der Waals surface area contributed by atoms with Crippen molar-refractivity contribution in [2.24, 2.45) is 5.41 Å². The van der Waals surface area contributed by atoms with Crippen molar-refractivity contribution in [2.75, 3.05) is 13.2 Å². The van der Waals surface area contributed by atoms with E-state index in [1.54, 1.807) is 11.6 Å². The fourth-order valence-corrected chi connectivity index (χ4v) is 2.30. The second-order valence-corrected chi connectivity index (χ2v) is 5.44. The maximum absolute atomic E-state index is 12.0. The van der Waals surface area contributed by atoms with Gasteiger partial charge in [-0.2, -0.15) is 5.10 Å².